The second-order valence-electron chi connectivity index (χ2n) is 10.4. The Morgan fingerprint density at radius 2 is 0.902 bits per heavy atom. The number of para-hydroxylation sites is 4. The number of imidazole rings is 2. The van der Waals surface area contributed by atoms with Crippen molar-refractivity contribution in [1.29, 1.82) is 0 Å². The third kappa shape index (κ3) is 6.95. The summed E-state index contributed by atoms with van der Waals surface area (Å²) in [5.74, 6) is 3.54. The summed E-state index contributed by atoms with van der Waals surface area (Å²) in [6.45, 7) is 1.48. The minimum absolute atomic E-state index is 0.741. The fraction of sp³-hybridized carbons (Fsp3) is 0.257. The normalized spacial score (nSPS) is 11.3. The van der Waals surface area contributed by atoms with Crippen LogP contribution in [0.2, 0.25) is 0 Å². The van der Waals surface area contributed by atoms with Gasteiger partial charge >= 0.3 is 0 Å². The van der Waals surface area contributed by atoms with Gasteiger partial charge in [0.15, 0.2) is 0 Å². The highest BCUT2D eigenvalue weighted by Crippen LogP contribution is 2.25. The molecule has 0 radical (unpaired) electrons. The van der Waals surface area contributed by atoms with Crippen LogP contribution in [0.4, 0.5) is 0 Å². The number of hydrogen-bond donors (Lipinski definition) is 2. The molecule has 0 bridgehead atoms. The molecular weight excluding hydrogens is 508 g/mol. The minimum Gasteiger partial charge on any atom is -0.494 e. The summed E-state index contributed by atoms with van der Waals surface area (Å²) in [5.41, 5.74) is 6.14. The predicted octanol–water partition coefficient (Wildman–Crippen LogP) is 8.96. The van der Waals surface area contributed by atoms with E-state index in [4.69, 9.17) is 19.4 Å². The maximum atomic E-state index is 6.03. The molecule has 6 aromatic rings. The standard InChI is InChI=1S/C35H36N4O2/c1(2-4-10-22-40-28-16-12-14-26(24-28)34-36-30-18-6-7-19-31(30)37-34)3-5-11-23-41-29-17-13-15-27(25-29)35-38-32-20-8-9-21-33(32)39-35/h6-9,12-21,24-25H,1-5,10-11,22-23H2,(H,36,37)(H,38,39). The number of unbranched alkanes of at least 4 members (excludes halogenated alkanes) is 6. The van der Waals surface area contributed by atoms with Gasteiger partial charge in [0.2, 0.25) is 0 Å². The zero-order chi connectivity index (χ0) is 27.7. The van der Waals surface area contributed by atoms with Crippen molar-refractivity contribution in [3.8, 4) is 34.3 Å². The zero-order valence-electron chi connectivity index (χ0n) is 23.3. The summed E-state index contributed by atoms with van der Waals surface area (Å²) in [7, 11) is 0. The second kappa shape index (κ2) is 13.2. The van der Waals surface area contributed by atoms with E-state index in [0.29, 0.717) is 0 Å². The van der Waals surface area contributed by atoms with Crippen LogP contribution < -0.4 is 9.47 Å². The summed E-state index contributed by atoms with van der Waals surface area (Å²) >= 11 is 0. The maximum Gasteiger partial charge on any atom is 0.138 e. The number of nitrogens with zero attached hydrogens (tertiary/aromatic N) is 2. The minimum atomic E-state index is 0.741. The summed E-state index contributed by atoms with van der Waals surface area (Å²) in [6, 6.07) is 32.5. The van der Waals surface area contributed by atoms with Crippen LogP contribution in [0.25, 0.3) is 44.8 Å². The van der Waals surface area contributed by atoms with E-state index in [1.807, 2.05) is 72.8 Å². The largest absolute Gasteiger partial charge is 0.494 e. The Kier molecular flexibility index (Phi) is 8.56. The lowest BCUT2D eigenvalue weighted by atomic mass is 10.1. The van der Waals surface area contributed by atoms with Crippen molar-refractivity contribution in [3.63, 3.8) is 0 Å². The van der Waals surface area contributed by atoms with Gasteiger partial charge in [-0.05, 0) is 61.4 Å². The Balaban J connectivity index is 0.839. The lowest BCUT2D eigenvalue weighted by molar-refractivity contribution is 0.300. The van der Waals surface area contributed by atoms with E-state index in [9.17, 15) is 0 Å². The number of fused-ring (bicyclic) bond motifs is 2. The van der Waals surface area contributed by atoms with Crippen molar-refractivity contribution in [3.05, 3.63) is 97.1 Å². The molecule has 0 fully saturated rings. The Morgan fingerprint density at radius 3 is 1.37 bits per heavy atom. The first-order chi connectivity index (χ1) is 20.3. The maximum absolute atomic E-state index is 6.03. The Morgan fingerprint density at radius 1 is 0.463 bits per heavy atom. The average Bonchev–Trinajstić information content (AvgIpc) is 3.65. The molecule has 2 N–H and O–H groups in total. The fourth-order valence-electron chi connectivity index (χ4n) is 5.11. The summed E-state index contributed by atoms with van der Waals surface area (Å²) < 4.78 is 12.1. The van der Waals surface area contributed by atoms with Crippen molar-refractivity contribution in [1.82, 2.24) is 19.9 Å². The average molecular weight is 545 g/mol. The number of ether oxygens (including phenoxy) is 2. The summed E-state index contributed by atoms with van der Waals surface area (Å²) in [4.78, 5) is 16.2. The van der Waals surface area contributed by atoms with Crippen LogP contribution in [0.1, 0.15) is 44.9 Å². The van der Waals surface area contributed by atoms with E-state index in [1.54, 1.807) is 0 Å². The molecular formula is C35H36N4O2. The number of benzene rings is 4. The van der Waals surface area contributed by atoms with Crippen molar-refractivity contribution >= 4 is 22.1 Å². The van der Waals surface area contributed by atoms with Gasteiger partial charge in [0.1, 0.15) is 23.1 Å². The van der Waals surface area contributed by atoms with Crippen molar-refractivity contribution in [2.45, 2.75) is 44.9 Å². The van der Waals surface area contributed by atoms with Gasteiger partial charge in [0.25, 0.3) is 0 Å². The molecule has 208 valence electrons. The molecule has 0 aliphatic carbocycles. The molecule has 6 rings (SSSR count). The van der Waals surface area contributed by atoms with Crippen LogP contribution in [0.5, 0.6) is 11.5 Å². The van der Waals surface area contributed by atoms with Gasteiger partial charge in [-0.25, -0.2) is 9.97 Å². The quantitative estimate of drug-likeness (QED) is 0.134. The summed E-state index contributed by atoms with van der Waals surface area (Å²) in [6.07, 6.45) is 8.25. The van der Waals surface area contributed by atoms with Gasteiger partial charge in [-0.2, -0.15) is 0 Å². The number of rotatable bonds is 14. The Bertz CT molecular complexity index is 1510. The number of aromatic amines is 2. The molecule has 41 heavy (non-hydrogen) atoms. The SMILES string of the molecule is c1cc(OCCCCCCCCCOc2cccc(-c3nc4ccccc4[nH]3)c2)cc(-c2nc3ccccc3[nH]2)c1. The topological polar surface area (TPSA) is 75.8 Å². The lowest BCUT2D eigenvalue weighted by Crippen LogP contribution is -1.98. The van der Waals surface area contributed by atoms with Crippen molar-refractivity contribution in [2.24, 2.45) is 0 Å². The molecule has 0 saturated carbocycles. The van der Waals surface area contributed by atoms with E-state index >= 15 is 0 Å². The first-order valence-corrected chi connectivity index (χ1v) is 14.7. The zero-order valence-corrected chi connectivity index (χ0v) is 23.3. The molecule has 2 heterocycles. The Hall–Kier alpha value is -4.58. The van der Waals surface area contributed by atoms with Gasteiger partial charge in [-0.15, -0.1) is 0 Å². The van der Waals surface area contributed by atoms with Gasteiger partial charge in [-0.1, -0.05) is 80.6 Å². The molecule has 6 nitrogen and oxygen atoms in total. The van der Waals surface area contributed by atoms with E-state index < -0.39 is 0 Å². The monoisotopic (exact) mass is 544 g/mol. The molecule has 0 aliphatic heterocycles. The molecule has 0 spiro atoms. The van der Waals surface area contributed by atoms with E-state index in [-0.39, 0.29) is 0 Å². The molecule has 0 saturated heterocycles. The molecule has 0 aliphatic rings. The van der Waals surface area contributed by atoms with Gasteiger partial charge in [0, 0.05) is 11.1 Å². The number of H-pyrrole nitrogens is 2. The van der Waals surface area contributed by atoms with Crippen LogP contribution in [0, 0.1) is 0 Å². The van der Waals surface area contributed by atoms with Crippen LogP contribution in [-0.4, -0.2) is 33.1 Å². The smallest absolute Gasteiger partial charge is 0.138 e. The summed E-state index contributed by atoms with van der Waals surface area (Å²) in [5, 5.41) is 0. The second-order valence-corrected chi connectivity index (χ2v) is 10.4. The van der Waals surface area contributed by atoms with Crippen LogP contribution in [0.3, 0.4) is 0 Å². The van der Waals surface area contributed by atoms with Crippen LogP contribution in [-0.2, 0) is 0 Å². The molecule has 2 aromatic heterocycles. The molecule has 4 aromatic carbocycles. The van der Waals surface area contributed by atoms with Gasteiger partial charge in [-0.3, -0.25) is 0 Å². The fourth-order valence-corrected chi connectivity index (χ4v) is 5.11. The van der Waals surface area contributed by atoms with Gasteiger partial charge in [0.05, 0.1) is 35.3 Å². The molecule has 0 amide bonds. The molecule has 0 unspecified atom stereocenters. The van der Waals surface area contributed by atoms with Crippen LogP contribution in [0.15, 0.2) is 97.1 Å². The number of aromatic nitrogens is 4. The number of nitrogens with one attached hydrogen (secondary N) is 2. The third-order valence-corrected chi connectivity index (χ3v) is 7.32. The highest BCUT2D eigenvalue weighted by atomic mass is 16.5. The van der Waals surface area contributed by atoms with E-state index in [0.717, 1.165) is 82.4 Å². The third-order valence-electron chi connectivity index (χ3n) is 7.32. The molecule has 0 atom stereocenters. The Labute approximate surface area is 240 Å². The molecule has 6 heteroatoms. The first-order valence-electron chi connectivity index (χ1n) is 14.7. The highest BCUT2D eigenvalue weighted by molar-refractivity contribution is 5.80. The predicted molar refractivity (Wildman–Crippen MR) is 166 cm³/mol. The first kappa shape index (κ1) is 26.6. The van der Waals surface area contributed by atoms with E-state index in [2.05, 4.69) is 34.2 Å². The highest BCUT2D eigenvalue weighted by Gasteiger charge is 2.07. The van der Waals surface area contributed by atoms with Crippen molar-refractivity contribution < 1.29 is 9.47 Å². The van der Waals surface area contributed by atoms with E-state index in [1.165, 1.54) is 32.1 Å². The van der Waals surface area contributed by atoms with Gasteiger partial charge < -0.3 is 19.4 Å². The lowest BCUT2D eigenvalue weighted by Gasteiger charge is -2.08. The van der Waals surface area contributed by atoms with Crippen molar-refractivity contribution in [2.75, 3.05) is 13.2 Å². The number of hydrogen-bond acceptors (Lipinski definition) is 4. The van der Waals surface area contributed by atoms with Crippen LogP contribution >= 0.6 is 0 Å².